The molecule has 3 rings (SSSR count). The van der Waals surface area contributed by atoms with Gasteiger partial charge in [-0.1, -0.05) is 33.6 Å². The molecule has 0 radical (unpaired) electrons. The number of aromatic nitrogens is 1. The van der Waals surface area contributed by atoms with Crippen LogP contribution in [0.25, 0.3) is 10.9 Å². The molecule has 0 saturated heterocycles. The fourth-order valence-corrected chi connectivity index (χ4v) is 6.76. The summed E-state index contributed by atoms with van der Waals surface area (Å²) in [5, 5.41) is 1.22. The van der Waals surface area contributed by atoms with Crippen LogP contribution in [0.2, 0.25) is 5.02 Å². The molecule has 9 heteroatoms. The molecule has 0 saturated carbocycles. The van der Waals surface area contributed by atoms with Crippen LogP contribution in [0.1, 0.15) is 27.7 Å². The second-order valence-electron chi connectivity index (χ2n) is 8.03. The van der Waals surface area contributed by atoms with Gasteiger partial charge in [0, 0.05) is 50.4 Å². The van der Waals surface area contributed by atoms with E-state index in [1.807, 2.05) is 24.3 Å². The lowest BCUT2D eigenvalue weighted by Crippen LogP contribution is -2.38. The Morgan fingerprint density at radius 2 is 1.84 bits per heavy atom. The van der Waals surface area contributed by atoms with Crippen LogP contribution in [-0.4, -0.2) is 42.7 Å². The summed E-state index contributed by atoms with van der Waals surface area (Å²) in [6.07, 6.45) is 1.58. The molecule has 1 heterocycles. The topological polar surface area (TPSA) is 62.3 Å². The van der Waals surface area contributed by atoms with Crippen LogP contribution >= 0.6 is 39.3 Å². The first-order valence-corrected chi connectivity index (χ1v) is 14.0. The fourth-order valence-electron chi connectivity index (χ4n) is 3.63. The van der Waals surface area contributed by atoms with Crippen molar-refractivity contribution in [3.8, 4) is 0 Å². The molecule has 1 aromatic heterocycles. The maximum Gasteiger partial charge on any atom is 0.264 e. The zero-order valence-corrected chi connectivity index (χ0v) is 22.4. The van der Waals surface area contributed by atoms with Crippen LogP contribution < -0.4 is 4.72 Å². The van der Waals surface area contributed by atoms with Gasteiger partial charge in [0.2, 0.25) is 0 Å². The highest BCUT2D eigenvalue weighted by Gasteiger charge is 2.20. The average molecular weight is 557 g/mol. The minimum absolute atomic E-state index is 0.112. The number of hydrogen-bond acceptors (Lipinski definition) is 5. The van der Waals surface area contributed by atoms with Crippen LogP contribution in [0.4, 0.5) is 5.69 Å². The van der Waals surface area contributed by atoms with Crippen molar-refractivity contribution in [2.24, 2.45) is 0 Å². The molecule has 2 aromatic carbocycles. The SMILES string of the molecule is CC(C)N(CCSc1cc(Cl)cc(NS(=O)(=O)c2cc(Br)cc3cccnc23)c1)C(C)C. The smallest absolute Gasteiger partial charge is 0.264 e. The molecule has 1 N–H and O–H groups in total. The van der Waals surface area contributed by atoms with E-state index in [2.05, 4.69) is 58.2 Å². The highest BCUT2D eigenvalue weighted by molar-refractivity contribution is 9.10. The highest BCUT2D eigenvalue weighted by Crippen LogP contribution is 2.31. The molecule has 172 valence electrons. The minimum atomic E-state index is -3.87. The Morgan fingerprint density at radius 1 is 1.12 bits per heavy atom. The van der Waals surface area contributed by atoms with Crippen LogP contribution in [0, 0.1) is 0 Å². The molecule has 32 heavy (non-hydrogen) atoms. The summed E-state index contributed by atoms with van der Waals surface area (Å²) in [7, 11) is -3.87. The van der Waals surface area contributed by atoms with Crippen molar-refractivity contribution in [1.82, 2.24) is 9.88 Å². The highest BCUT2D eigenvalue weighted by atomic mass is 79.9. The number of sulfonamides is 1. The van der Waals surface area contributed by atoms with E-state index < -0.39 is 10.0 Å². The third-order valence-electron chi connectivity index (χ3n) is 4.99. The van der Waals surface area contributed by atoms with E-state index in [1.165, 1.54) is 0 Å². The molecular formula is C23H27BrClN3O2S2. The molecule has 0 aliphatic heterocycles. The zero-order valence-electron chi connectivity index (χ0n) is 18.5. The lowest BCUT2D eigenvalue weighted by Gasteiger charge is -2.30. The molecule has 0 amide bonds. The maximum absolute atomic E-state index is 13.2. The van der Waals surface area contributed by atoms with Gasteiger partial charge in [-0.2, -0.15) is 0 Å². The quantitative estimate of drug-likeness (QED) is 0.299. The normalized spacial score (nSPS) is 12.3. The number of pyridine rings is 1. The van der Waals surface area contributed by atoms with Crippen molar-refractivity contribution in [1.29, 1.82) is 0 Å². The van der Waals surface area contributed by atoms with Crippen molar-refractivity contribution in [3.63, 3.8) is 0 Å². The van der Waals surface area contributed by atoms with E-state index >= 15 is 0 Å². The number of benzene rings is 2. The van der Waals surface area contributed by atoms with Gasteiger partial charge in [0.15, 0.2) is 0 Å². The van der Waals surface area contributed by atoms with Crippen molar-refractivity contribution in [2.75, 3.05) is 17.0 Å². The first-order valence-electron chi connectivity index (χ1n) is 10.3. The van der Waals surface area contributed by atoms with Gasteiger partial charge in [0.1, 0.15) is 4.90 Å². The maximum atomic E-state index is 13.2. The monoisotopic (exact) mass is 555 g/mol. The van der Waals surface area contributed by atoms with Crippen molar-refractivity contribution < 1.29 is 8.42 Å². The second kappa shape index (κ2) is 10.7. The van der Waals surface area contributed by atoms with Gasteiger partial charge in [-0.25, -0.2) is 8.42 Å². The first-order chi connectivity index (χ1) is 15.1. The number of hydrogen-bond donors (Lipinski definition) is 1. The Kier molecular flexibility index (Phi) is 8.49. The van der Waals surface area contributed by atoms with Gasteiger partial charge in [-0.05, 0) is 64.1 Å². The van der Waals surface area contributed by atoms with E-state index in [9.17, 15) is 8.42 Å². The Balaban J connectivity index is 1.82. The lowest BCUT2D eigenvalue weighted by molar-refractivity contribution is 0.187. The number of thioether (sulfide) groups is 1. The van der Waals surface area contributed by atoms with Gasteiger partial charge in [-0.15, -0.1) is 11.8 Å². The Bertz CT molecular complexity index is 1200. The van der Waals surface area contributed by atoms with E-state index in [1.54, 1.807) is 36.2 Å². The standard InChI is InChI=1S/C23H27BrClN3O2S2/c1-15(2)28(16(3)4)8-9-31-21-13-19(25)12-20(14-21)27-32(29,30)22-11-18(24)10-17-6-5-7-26-23(17)22/h5-7,10-16,27H,8-9H2,1-4H3. The number of nitrogens with zero attached hydrogens (tertiary/aromatic N) is 2. The number of rotatable bonds is 9. The van der Waals surface area contributed by atoms with Gasteiger partial charge >= 0.3 is 0 Å². The van der Waals surface area contributed by atoms with Gasteiger partial charge in [-0.3, -0.25) is 14.6 Å². The minimum Gasteiger partial charge on any atom is -0.298 e. The Hall–Kier alpha value is -1.32. The third kappa shape index (κ3) is 6.38. The molecule has 0 bridgehead atoms. The summed E-state index contributed by atoms with van der Waals surface area (Å²) in [6.45, 7) is 9.70. The molecule has 3 aromatic rings. The largest absolute Gasteiger partial charge is 0.298 e. The number of anilines is 1. The predicted molar refractivity (Wildman–Crippen MR) is 139 cm³/mol. The molecule has 0 fully saturated rings. The van der Waals surface area contributed by atoms with Crippen LogP contribution in [-0.2, 0) is 10.0 Å². The van der Waals surface area contributed by atoms with Crippen LogP contribution in [0.5, 0.6) is 0 Å². The van der Waals surface area contributed by atoms with E-state index in [4.69, 9.17) is 11.6 Å². The number of fused-ring (bicyclic) bond motifs is 1. The molecule has 0 spiro atoms. The predicted octanol–water partition coefficient (Wildman–Crippen LogP) is 6.66. The summed E-state index contributed by atoms with van der Waals surface area (Å²) >= 11 is 11.4. The first kappa shape index (κ1) is 25.3. The molecular weight excluding hydrogens is 530 g/mol. The van der Waals surface area contributed by atoms with E-state index in [-0.39, 0.29) is 4.90 Å². The molecule has 0 aliphatic carbocycles. The van der Waals surface area contributed by atoms with Crippen molar-refractivity contribution in [2.45, 2.75) is 49.6 Å². The molecule has 5 nitrogen and oxygen atoms in total. The summed E-state index contributed by atoms with van der Waals surface area (Å²) in [4.78, 5) is 7.73. The Labute approximate surface area is 208 Å². The average Bonchev–Trinajstić information content (AvgIpc) is 2.69. The summed E-state index contributed by atoms with van der Waals surface area (Å²) in [6, 6.07) is 13.2. The second-order valence-corrected chi connectivity index (χ2v) is 12.2. The Morgan fingerprint density at radius 3 is 2.53 bits per heavy atom. The third-order valence-corrected chi connectivity index (χ3v) is 8.02. The lowest BCUT2D eigenvalue weighted by atomic mass is 10.2. The van der Waals surface area contributed by atoms with Gasteiger partial charge in [0.25, 0.3) is 10.0 Å². The number of halogens is 2. The molecule has 0 aliphatic rings. The molecule has 0 unspecified atom stereocenters. The summed E-state index contributed by atoms with van der Waals surface area (Å²) in [5.74, 6) is 0.878. The molecule has 0 atom stereocenters. The van der Waals surface area contributed by atoms with Crippen LogP contribution in [0.15, 0.2) is 62.9 Å². The van der Waals surface area contributed by atoms with Crippen LogP contribution in [0.3, 0.4) is 0 Å². The summed E-state index contributed by atoms with van der Waals surface area (Å²) in [5.41, 5.74) is 0.843. The summed E-state index contributed by atoms with van der Waals surface area (Å²) < 4.78 is 29.8. The van der Waals surface area contributed by atoms with Crippen molar-refractivity contribution >= 4 is 65.9 Å². The number of nitrogens with one attached hydrogen (secondary N) is 1. The van der Waals surface area contributed by atoms with Gasteiger partial charge < -0.3 is 0 Å². The fraction of sp³-hybridized carbons (Fsp3) is 0.348. The van der Waals surface area contributed by atoms with Gasteiger partial charge in [0.05, 0.1) is 11.2 Å². The van der Waals surface area contributed by atoms with E-state index in [0.29, 0.717) is 32.8 Å². The van der Waals surface area contributed by atoms with Crippen molar-refractivity contribution in [3.05, 3.63) is 58.2 Å². The van der Waals surface area contributed by atoms with E-state index in [0.717, 1.165) is 22.6 Å². The zero-order chi connectivity index (χ0) is 23.5.